The molecule has 0 spiro atoms. The highest BCUT2D eigenvalue weighted by molar-refractivity contribution is 9.10. The largest absolute Gasteiger partial charge is 0.355 e. The molecule has 0 aliphatic rings. The van der Waals surface area contributed by atoms with Crippen LogP contribution in [0.15, 0.2) is 82.4 Å². The molecule has 1 aromatic heterocycles. The summed E-state index contributed by atoms with van der Waals surface area (Å²) in [4.78, 5) is 4.42. The molecular formula is C19H13BrFN3O2S. The van der Waals surface area contributed by atoms with Crippen molar-refractivity contribution in [3.63, 3.8) is 0 Å². The molecule has 0 unspecified atom stereocenters. The van der Waals surface area contributed by atoms with E-state index < -0.39 is 10.0 Å². The topological polar surface area (TPSA) is 64.0 Å². The first-order chi connectivity index (χ1) is 12.9. The Kier molecular flexibility index (Phi) is 4.45. The van der Waals surface area contributed by atoms with E-state index in [0.717, 1.165) is 3.97 Å². The molecule has 5 nitrogen and oxygen atoms in total. The van der Waals surface area contributed by atoms with E-state index in [1.165, 1.54) is 18.5 Å². The SMILES string of the molecule is O=S(=O)(c1ccccc1)n1cnc2cc(Nc3ccc(F)cc3)c(Br)cc21. The average Bonchev–Trinajstić information content (AvgIpc) is 3.08. The van der Waals surface area contributed by atoms with Crippen molar-refractivity contribution < 1.29 is 12.8 Å². The molecule has 3 aromatic carbocycles. The fourth-order valence-electron chi connectivity index (χ4n) is 2.69. The molecule has 1 heterocycles. The highest BCUT2D eigenvalue weighted by atomic mass is 79.9. The molecule has 0 bridgehead atoms. The summed E-state index contributed by atoms with van der Waals surface area (Å²) in [5.41, 5.74) is 2.36. The minimum Gasteiger partial charge on any atom is -0.355 e. The molecule has 27 heavy (non-hydrogen) atoms. The van der Waals surface area contributed by atoms with E-state index in [2.05, 4.69) is 26.2 Å². The summed E-state index contributed by atoms with van der Waals surface area (Å²) < 4.78 is 40.6. The third kappa shape index (κ3) is 3.33. The summed E-state index contributed by atoms with van der Waals surface area (Å²) in [6.45, 7) is 0. The van der Waals surface area contributed by atoms with E-state index in [1.807, 2.05) is 0 Å². The maximum Gasteiger partial charge on any atom is 0.269 e. The van der Waals surface area contributed by atoms with Crippen LogP contribution in [0.4, 0.5) is 15.8 Å². The number of nitrogens with zero attached hydrogens (tertiary/aromatic N) is 2. The van der Waals surface area contributed by atoms with E-state index in [1.54, 1.807) is 54.6 Å². The number of imidazole rings is 1. The zero-order valence-corrected chi connectivity index (χ0v) is 16.2. The molecule has 4 aromatic rings. The molecule has 0 atom stereocenters. The quantitative estimate of drug-likeness (QED) is 0.484. The molecule has 0 saturated carbocycles. The zero-order valence-electron chi connectivity index (χ0n) is 13.8. The summed E-state index contributed by atoms with van der Waals surface area (Å²) in [6, 6.07) is 17.6. The number of hydrogen-bond donors (Lipinski definition) is 1. The number of rotatable bonds is 4. The predicted molar refractivity (Wildman–Crippen MR) is 106 cm³/mol. The first-order valence-corrected chi connectivity index (χ1v) is 10.2. The van der Waals surface area contributed by atoms with Gasteiger partial charge in [-0.15, -0.1) is 0 Å². The van der Waals surface area contributed by atoms with Crippen LogP contribution in [0.25, 0.3) is 11.0 Å². The third-order valence-corrected chi connectivity index (χ3v) is 6.36. The molecule has 1 N–H and O–H groups in total. The molecule has 0 fully saturated rings. The minimum absolute atomic E-state index is 0.189. The van der Waals surface area contributed by atoms with Crippen LogP contribution in [-0.2, 0) is 10.0 Å². The monoisotopic (exact) mass is 445 g/mol. The number of hydrogen-bond acceptors (Lipinski definition) is 4. The Morgan fingerprint density at radius 2 is 1.70 bits per heavy atom. The molecule has 0 aliphatic carbocycles. The predicted octanol–water partition coefficient (Wildman–Crippen LogP) is 4.92. The van der Waals surface area contributed by atoms with Crippen LogP contribution in [-0.4, -0.2) is 17.4 Å². The van der Waals surface area contributed by atoms with Crippen LogP contribution in [0.2, 0.25) is 0 Å². The molecule has 4 rings (SSSR count). The van der Waals surface area contributed by atoms with Gasteiger partial charge in [0.2, 0.25) is 0 Å². The Hall–Kier alpha value is -2.71. The number of aromatic nitrogens is 2. The Labute approximate surface area is 163 Å². The van der Waals surface area contributed by atoms with Crippen molar-refractivity contribution in [2.45, 2.75) is 4.90 Å². The van der Waals surface area contributed by atoms with Gasteiger partial charge in [-0.05, 0) is 64.5 Å². The molecule has 0 aliphatic heterocycles. The Balaban J connectivity index is 1.77. The van der Waals surface area contributed by atoms with Crippen molar-refractivity contribution in [1.29, 1.82) is 0 Å². The average molecular weight is 446 g/mol. The first kappa shape index (κ1) is 17.7. The first-order valence-electron chi connectivity index (χ1n) is 7.95. The Morgan fingerprint density at radius 1 is 1.00 bits per heavy atom. The van der Waals surface area contributed by atoms with Gasteiger partial charge in [0, 0.05) is 10.2 Å². The standard InChI is InChI=1S/C19H13BrFN3O2S/c20-16-10-19-18(11-17(16)23-14-8-6-13(21)7-9-14)22-12-24(19)27(25,26)15-4-2-1-3-5-15/h1-12,23H. The van der Waals surface area contributed by atoms with Gasteiger partial charge in [0.05, 0.1) is 21.6 Å². The smallest absolute Gasteiger partial charge is 0.269 e. The van der Waals surface area contributed by atoms with Crippen LogP contribution in [0.1, 0.15) is 0 Å². The third-order valence-electron chi connectivity index (χ3n) is 4.03. The van der Waals surface area contributed by atoms with Crippen molar-refractivity contribution in [2.24, 2.45) is 0 Å². The van der Waals surface area contributed by atoms with Crippen molar-refractivity contribution in [3.8, 4) is 0 Å². The second-order valence-corrected chi connectivity index (χ2v) is 8.48. The molecule has 0 amide bonds. The molecule has 0 saturated heterocycles. The van der Waals surface area contributed by atoms with Crippen LogP contribution >= 0.6 is 15.9 Å². The van der Waals surface area contributed by atoms with Crippen LogP contribution in [0, 0.1) is 5.82 Å². The molecule has 0 radical (unpaired) electrons. The second-order valence-electron chi connectivity index (χ2n) is 5.81. The zero-order chi connectivity index (χ0) is 19.0. The lowest BCUT2D eigenvalue weighted by molar-refractivity contribution is 0.588. The maximum absolute atomic E-state index is 13.1. The van der Waals surface area contributed by atoms with Gasteiger partial charge in [-0.25, -0.2) is 21.8 Å². The van der Waals surface area contributed by atoms with E-state index in [9.17, 15) is 12.8 Å². The lowest BCUT2D eigenvalue weighted by Gasteiger charge is -2.10. The van der Waals surface area contributed by atoms with Gasteiger partial charge in [0.1, 0.15) is 12.1 Å². The number of benzene rings is 3. The minimum atomic E-state index is -3.74. The normalized spacial score (nSPS) is 11.6. The number of fused-ring (bicyclic) bond motifs is 1. The van der Waals surface area contributed by atoms with Crippen molar-refractivity contribution in [2.75, 3.05) is 5.32 Å². The van der Waals surface area contributed by atoms with E-state index >= 15 is 0 Å². The lowest BCUT2D eigenvalue weighted by Crippen LogP contribution is -2.11. The highest BCUT2D eigenvalue weighted by Gasteiger charge is 2.20. The van der Waals surface area contributed by atoms with Gasteiger partial charge in [0.15, 0.2) is 0 Å². The molecule has 8 heteroatoms. The molecular weight excluding hydrogens is 433 g/mol. The van der Waals surface area contributed by atoms with Crippen LogP contribution in [0.3, 0.4) is 0 Å². The summed E-state index contributed by atoms with van der Waals surface area (Å²) in [7, 11) is -3.74. The summed E-state index contributed by atoms with van der Waals surface area (Å²) in [5.74, 6) is -0.320. The van der Waals surface area contributed by atoms with Gasteiger partial charge in [-0.3, -0.25) is 0 Å². The van der Waals surface area contributed by atoms with Crippen molar-refractivity contribution in [3.05, 3.63) is 83.3 Å². The van der Waals surface area contributed by atoms with Gasteiger partial charge in [-0.1, -0.05) is 18.2 Å². The van der Waals surface area contributed by atoms with Gasteiger partial charge < -0.3 is 5.32 Å². The summed E-state index contributed by atoms with van der Waals surface area (Å²) in [6.07, 6.45) is 1.29. The number of anilines is 2. The van der Waals surface area contributed by atoms with E-state index in [0.29, 0.717) is 26.9 Å². The summed E-state index contributed by atoms with van der Waals surface area (Å²) in [5, 5.41) is 3.16. The Bertz CT molecular complexity index is 1220. The second kappa shape index (κ2) is 6.79. The van der Waals surface area contributed by atoms with Crippen molar-refractivity contribution in [1.82, 2.24) is 8.96 Å². The fraction of sp³-hybridized carbons (Fsp3) is 0. The van der Waals surface area contributed by atoms with Crippen LogP contribution < -0.4 is 5.32 Å². The molecule has 136 valence electrons. The van der Waals surface area contributed by atoms with Crippen LogP contribution in [0.5, 0.6) is 0 Å². The van der Waals surface area contributed by atoms with Gasteiger partial charge >= 0.3 is 0 Å². The number of halogens is 2. The van der Waals surface area contributed by atoms with Crippen molar-refractivity contribution >= 4 is 48.4 Å². The lowest BCUT2D eigenvalue weighted by atomic mass is 10.2. The van der Waals surface area contributed by atoms with E-state index in [4.69, 9.17) is 0 Å². The highest BCUT2D eigenvalue weighted by Crippen LogP contribution is 2.31. The number of nitrogens with one attached hydrogen (secondary N) is 1. The fourth-order valence-corrected chi connectivity index (χ4v) is 4.43. The van der Waals surface area contributed by atoms with Gasteiger partial charge in [0.25, 0.3) is 10.0 Å². The maximum atomic E-state index is 13.1. The van der Waals surface area contributed by atoms with Gasteiger partial charge in [-0.2, -0.15) is 0 Å². The van der Waals surface area contributed by atoms with E-state index in [-0.39, 0.29) is 10.7 Å². The Morgan fingerprint density at radius 3 is 2.41 bits per heavy atom. The summed E-state index contributed by atoms with van der Waals surface area (Å²) >= 11 is 3.46.